The molecule has 4 rings (SSSR count). The maximum absolute atomic E-state index is 10.9. The second kappa shape index (κ2) is 5.31. The van der Waals surface area contributed by atoms with Crippen molar-refractivity contribution >= 4 is 0 Å². The van der Waals surface area contributed by atoms with Crippen LogP contribution in [0.15, 0.2) is 0 Å². The molecule has 4 bridgehead atoms. The summed E-state index contributed by atoms with van der Waals surface area (Å²) >= 11 is 0. The molecule has 134 valence electrons. The van der Waals surface area contributed by atoms with Crippen LogP contribution in [0, 0.1) is 47.1 Å². The Hall–Kier alpha value is -2.40. The van der Waals surface area contributed by atoms with Crippen LogP contribution in [0.3, 0.4) is 0 Å². The van der Waals surface area contributed by atoms with Crippen LogP contribution in [0.1, 0.15) is 38.5 Å². The van der Waals surface area contributed by atoms with Gasteiger partial charge in [0.1, 0.15) is 18.8 Å². The molecule has 24 heavy (non-hydrogen) atoms. The summed E-state index contributed by atoms with van der Waals surface area (Å²) in [6, 6.07) is 0. The molecule has 0 amide bonds. The van der Waals surface area contributed by atoms with Crippen molar-refractivity contribution in [1.29, 1.82) is 0 Å². The van der Waals surface area contributed by atoms with Crippen molar-refractivity contribution in [3.05, 3.63) is 30.3 Å². The van der Waals surface area contributed by atoms with Crippen molar-refractivity contribution in [3.63, 3.8) is 0 Å². The van der Waals surface area contributed by atoms with Crippen LogP contribution in [-0.4, -0.2) is 34.1 Å². The summed E-state index contributed by atoms with van der Waals surface area (Å²) in [4.78, 5) is 46.2. The van der Waals surface area contributed by atoms with Gasteiger partial charge in [0.2, 0.25) is 0 Å². The van der Waals surface area contributed by atoms with Crippen molar-refractivity contribution in [1.82, 2.24) is 0 Å². The van der Waals surface area contributed by atoms with Gasteiger partial charge in [-0.3, -0.25) is 0 Å². The second-order valence-electron chi connectivity index (χ2n) is 7.50. The van der Waals surface area contributed by atoms with Crippen molar-refractivity contribution in [2.45, 2.75) is 44.1 Å². The lowest BCUT2D eigenvalue weighted by atomic mass is 9.43. The third kappa shape index (κ3) is 2.99. The summed E-state index contributed by atoms with van der Waals surface area (Å²) < 4.78 is 0. The smallest absolute Gasteiger partial charge is 0.295 e. The fraction of sp³-hybridized carbons (Fsp3) is 1.00. The van der Waals surface area contributed by atoms with E-state index >= 15 is 0 Å². The Balaban J connectivity index is 1.88. The highest BCUT2D eigenvalue weighted by atomic mass is 17.0. The third-order valence-corrected chi connectivity index (χ3v) is 5.47. The van der Waals surface area contributed by atoms with Crippen LogP contribution < -0.4 is 0 Å². The Bertz CT molecular complexity index is 548. The van der Waals surface area contributed by atoms with Crippen LogP contribution in [0.2, 0.25) is 0 Å². The summed E-state index contributed by atoms with van der Waals surface area (Å²) in [7, 11) is 0. The summed E-state index contributed by atoms with van der Waals surface area (Å²) in [6.45, 7) is -0.390. The minimum atomic E-state index is -1.08. The first-order valence-electron chi connectivity index (χ1n) is 7.54. The van der Waals surface area contributed by atoms with Crippen LogP contribution in [0.4, 0.5) is 0 Å². The maximum Gasteiger partial charge on any atom is 0.295 e. The molecule has 0 heterocycles. The molecule has 0 aromatic rings. The molecule has 0 aliphatic heterocycles. The summed E-state index contributed by atoms with van der Waals surface area (Å²) in [5, 5.41) is 29.5. The number of hydrogen-bond donors (Lipinski definition) is 0. The molecule has 0 radical (unpaired) electrons. The van der Waals surface area contributed by atoms with Gasteiger partial charge < -0.3 is 14.5 Å². The van der Waals surface area contributed by atoms with Gasteiger partial charge in [0, 0.05) is 0 Å². The minimum Gasteiger partial charge on any atom is -0.313 e. The second-order valence-corrected chi connectivity index (χ2v) is 7.50. The van der Waals surface area contributed by atoms with E-state index in [0.717, 1.165) is 0 Å². The van der Waals surface area contributed by atoms with Crippen LogP contribution in [0.25, 0.3) is 0 Å². The molecule has 4 saturated carbocycles. The average molecular weight is 347 g/mol. The zero-order valence-electron chi connectivity index (χ0n) is 12.8. The van der Waals surface area contributed by atoms with E-state index in [1.54, 1.807) is 0 Å². The summed E-state index contributed by atoms with van der Waals surface area (Å²) in [5.74, 6) is 0.0342. The van der Waals surface area contributed by atoms with Gasteiger partial charge in [0.15, 0.2) is 0 Å². The zero-order valence-corrected chi connectivity index (χ0v) is 12.8. The molecule has 2 unspecified atom stereocenters. The van der Waals surface area contributed by atoms with Gasteiger partial charge in [-0.05, 0) is 55.3 Å². The van der Waals surface area contributed by atoms with Gasteiger partial charge in [0.25, 0.3) is 15.3 Å². The molecule has 4 aliphatic carbocycles. The highest BCUT2D eigenvalue weighted by Gasteiger charge is 2.65. The zero-order chi connectivity index (χ0) is 17.6. The number of rotatable bonds is 8. The first kappa shape index (κ1) is 16.5. The molecule has 2 atom stereocenters. The Morgan fingerprint density at radius 2 is 1.29 bits per heavy atom. The molecule has 12 nitrogen and oxygen atoms in total. The van der Waals surface area contributed by atoms with Gasteiger partial charge in [-0.2, -0.15) is 0 Å². The van der Waals surface area contributed by atoms with Gasteiger partial charge in [-0.1, -0.05) is 0 Å². The maximum atomic E-state index is 10.9. The molecule has 0 aromatic carbocycles. The summed E-state index contributed by atoms with van der Waals surface area (Å²) in [6.07, 6.45) is 2.69. The van der Waals surface area contributed by atoms with Gasteiger partial charge in [-0.15, -0.1) is 30.3 Å². The van der Waals surface area contributed by atoms with E-state index in [9.17, 15) is 30.3 Å². The molecule has 0 saturated heterocycles. The van der Waals surface area contributed by atoms with E-state index in [1.165, 1.54) is 0 Å². The molecule has 0 N–H and O–H groups in total. The third-order valence-electron chi connectivity index (χ3n) is 5.47. The van der Waals surface area contributed by atoms with E-state index in [-0.39, 0.29) is 32.0 Å². The van der Waals surface area contributed by atoms with E-state index in [0.29, 0.717) is 25.7 Å². The van der Waals surface area contributed by atoms with Crippen molar-refractivity contribution < 1.29 is 29.8 Å². The van der Waals surface area contributed by atoms with Crippen molar-refractivity contribution in [3.8, 4) is 0 Å². The van der Waals surface area contributed by atoms with Crippen molar-refractivity contribution in [2.75, 3.05) is 13.2 Å². The highest BCUT2D eigenvalue weighted by Crippen LogP contribution is 2.67. The van der Waals surface area contributed by atoms with E-state index < -0.39 is 31.7 Å². The first-order chi connectivity index (χ1) is 11.2. The lowest BCUT2D eigenvalue weighted by Crippen LogP contribution is -2.63. The van der Waals surface area contributed by atoms with Gasteiger partial charge >= 0.3 is 0 Å². The quantitative estimate of drug-likeness (QED) is 0.466. The normalized spacial score (nSPS) is 39.2. The fourth-order valence-corrected chi connectivity index (χ4v) is 5.71. The largest absolute Gasteiger partial charge is 0.313 e. The topological polar surface area (TPSA) is 157 Å². The fourth-order valence-electron chi connectivity index (χ4n) is 5.71. The molecular weight excluding hydrogens is 330 g/mol. The predicted octanol–water partition coefficient (Wildman–Crippen LogP) is 1.32. The lowest BCUT2D eigenvalue weighted by Gasteiger charge is -2.64. The lowest BCUT2D eigenvalue weighted by molar-refractivity contribution is -0.789. The SMILES string of the molecule is O=[N+]([O-])OCC12CC3CC(CO[N+](=O)[O-])(C1)CC(O[N+](=O)[O-])(C3)C2. The molecule has 4 fully saturated rings. The average Bonchev–Trinajstić information content (AvgIpc) is 2.40. The molecule has 12 heteroatoms. The Morgan fingerprint density at radius 3 is 1.71 bits per heavy atom. The Morgan fingerprint density at radius 1 is 0.792 bits per heavy atom. The number of nitrogens with zero attached hydrogens (tertiary/aromatic N) is 3. The molecule has 0 spiro atoms. The van der Waals surface area contributed by atoms with E-state index in [4.69, 9.17) is 4.84 Å². The minimum absolute atomic E-state index is 0.0342. The standard InChI is InChI=1S/C12H17N3O9/c16-13(17)22-7-10-1-9-2-11(4-10,8-23-14(18)19)6-12(3-9,5-10)24-15(20)21/h9H,1-8H2. The van der Waals surface area contributed by atoms with Gasteiger partial charge in [-0.25, -0.2) is 0 Å². The van der Waals surface area contributed by atoms with E-state index in [1.807, 2.05) is 0 Å². The molecule has 4 aliphatic rings. The molecular formula is C12H17N3O9. The monoisotopic (exact) mass is 347 g/mol. The molecule has 0 aromatic heterocycles. The predicted molar refractivity (Wildman–Crippen MR) is 72.8 cm³/mol. The van der Waals surface area contributed by atoms with Crippen LogP contribution in [-0.2, 0) is 14.5 Å². The summed E-state index contributed by atoms with van der Waals surface area (Å²) in [5.41, 5.74) is -2.41. The Labute approximate surface area is 135 Å². The Kier molecular flexibility index (Phi) is 3.64. The van der Waals surface area contributed by atoms with Crippen LogP contribution >= 0.6 is 0 Å². The van der Waals surface area contributed by atoms with Crippen molar-refractivity contribution in [2.24, 2.45) is 16.7 Å². The number of hydrogen-bond acceptors (Lipinski definition) is 9. The van der Waals surface area contributed by atoms with E-state index in [2.05, 4.69) is 9.68 Å². The highest BCUT2D eigenvalue weighted by molar-refractivity contribution is 5.14. The van der Waals surface area contributed by atoms with Gasteiger partial charge in [0.05, 0.1) is 0 Å². The first-order valence-corrected chi connectivity index (χ1v) is 7.54. The van der Waals surface area contributed by atoms with Crippen LogP contribution in [0.5, 0.6) is 0 Å².